The van der Waals surface area contributed by atoms with E-state index in [9.17, 15) is 0 Å². The molecule has 2 fully saturated rings. The smallest absolute Gasteiger partial charge is 0.0518 e. The van der Waals surface area contributed by atoms with Gasteiger partial charge in [-0.05, 0) is 58.4 Å². The predicted molar refractivity (Wildman–Crippen MR) is 80.5 cm³/mol. The fourth-order valence-electron chi connectivity index (χ4n) is 3.11. The second kappa shape index (κ2) is 7.61. The molecule has 0 spiro atoms. The van der Waals surface area contributed by atoms with Gasteiger partial charge in [0.25, 0.3) is 0 Å². The molecule has 3 heteroatoms. The summed E-state index contributed by atoms with van der Waals surface area (Å²) >= 11 is 0. The quantitative estimate of drug-likeness (QED) is 0.685. The zero-order chi connectivity index (χ0) is 13.7. The summed E-state index contributed by atoms with van der Waals surface area (Å²) < 4.78 is 5.62. The van der Waals surface area contributed by atoms with Gasteiger partial charge in [0.05, 0.1) is 6.10 Å². The van der Waals surface area contributed by atoms with Gasteiger partial charge in [0.1, 0.15) is 0 Å². The number of hydrogen-bond acceptors (Lipinski definition) is 3. The molecule has 19 heavy (non-hydrogen) atoms. The van der Waals surface area contributed by atoms with E-state index in [1.165, 1.54) is 51.7 Å². The average molecular weight is 268 g/mol. The van der Waals surface area contributed by atoms with Crippen LogP contribution in [0.15, 0.2) is 0 Å². The minimum Gasteiger partial charge on any atom is -0.379 e. The fraction of sp³-hybridized carbons (Fsp3) is 1.00. The second-order valence-electron chi connectivity index (χ2n) is 6.54. The lowest BCUT2D eigenvalue weighted by atomic mass is 10.0. The zero-order valence-corrected chi connectivity index (χ0v) is 13.0. The van der Waals surface area contributed by atoms with Gasteiger partial charge in [0.2, 0.25) is 0 Å². The Kier molecular flexibility index (Phi) is 6.11. The van der Waals surface area contributed by atoms with Gasteiger partial charge in [-0.15, -0.1) is 0 Å². The van der Waals surface area contributed by atoms with Crippen LogP contribution in [0.3, 0.4) is 0 Å². The Morgan fingerprint density at radius 3 is 2.68 bits per heavy atom. The molecule has 112 valence electrons. The lowest BCUT2D eigenvalue weighted by Crippen LogP contribution is -2.57. The fourth-order valence-corrected chi connectivity index (χ4v) is 3.11. The van der Waals surface area contributed by atoms with Crippen LogP contribution < -0.4 is 5.32 Å². The third kappa shape index (κ3) is 5.05. The number of rotatable bonds is 8. The normalized spacial score (nSPS) is 29.1. The summed E-state index contributed by atoms with van der Waals surface area (Å²) in [5.41, 5.74) is 0. The Bertz CT molecular complexity index is 253. The summed E-state index contributed by atoms with van der Waals surface area (Å²) in [7, 11) is 0. The average Bonchev–Trinajstić information content (AvgIpc) is 3.22. The van der Waals surface area contributed by atoms with E-state index in [0.29, 0.717) is 6.10 Å². The number of piperazine rings is 1. The molecule has 1 N–H and O–H groups in total. The minimum atomic E-state index is 0.377. The molecule has 2 atom stereocenters. The van der Waals surface area contributed by atoms with Crippen molar-refractivity contribution < 1.29 is 4.74 Å². The molecule has 2 aliphatic rings. The van der Waals surface area contributed by atoms with Gasteiger partial charge in [-0.3, -0.25) is 4.90 Å². The lowest BCUT2D eigenvalue weighted by molar-refractivity contribution is 0.0691. The first-order chi connectivity index (χ1) is 9.20. The van der Waals surface area contributed by atoms with E-state index in [-0.39, 0.29) is 0 Å². The summed E-state index contributed by atoms with van der Waals surface area (Å²) in [6.07, 6.45) is 7.02. The zero-order valence-electron chi connectivity index (χ0n) is 13.0. The van der Waals surface area contributed by atoms with Gasteiger partial charge >= 0.3 is 0 Å². The maximum atomic E-state index is 5.62. The van der Waals surface area contributed by atoms with Crippen LogP contribution in [-0.4, -0.2) is 49.3 Å². The molecule has 3 nitrogen and oxygen atoms in total. The monoisotopic (exact) mass is 268 g/mol. The second-order valence-corrected chi connectivity index (χ2v) is 6.54. The van der Waals surface area contributed by atoms with Crippen molar-refractivity contribution in [1.82, 2.24) is 10.2 Å². The van der Waals surface area contributed by atoms with Crippen molar-refractivity contribution in [3.05, 3.63) is 0 Å². The highest BCUT2D eigenvalue weighted by atomic mass is 16.5. The van der Waals surface area contributed by atoms with E-state index >= 15 is 0 Å². The lowest BCUT2D eigenvalue weighted by Gasteiger charge is -2.40. The van der Waals surface area contributed by atoms with E-state index in [1.807, 2.05) is 0 Å². The van der Waals surface area contributed by atoms with Gasteiger partial charge < -0.3 is 10.1 Å². The Morgan fingerprint density at radius 2 is 2.05 bits per heavy atom. The predicted octanol–water partition coefficient (Wildman–Crippen LogP) is 2.65. The summed E-state index contributed by atoms with van der Waals surface area (Å²) in [6.45, 7) is 11.2. The molecule has 0 radical (unpaired) electrons. The first kappa shape index (κ1) is 15.3. The maximum Gasteiger partial charge on any atom is 0.0518 e. The molecular weight excluding hydrogens is 236 g/mol. The third-order valence-electron chi connectivity index (χ3n) is 4.52. The van der Waals surface area contributed by atoms with Crippen LogP contribution in [0.2, 0.25) is 0 Å². The molecule has 0 aromatic heterocycles. The van der Waals surface area contributed by atoms with E-state index in [4.69, 9.17) is 4.74 Å². The first-order valence-corrected chi connectivity index (χ1v) is 8.29. The van der Waals surface area contributed by atoms with Gasteiger partial charge in [0, 0.05) is 31.8 Å². The number of unbranched alkanes of at least 4 members (excludes halogenated alkanes) is 1. The molecule has 1 saturated carbocycles. The van der Waals surface area contributed by atoms with Crippen LogP contribution in [0.5, 0.6) is 0 Å². The van der Waals surface area contributed by atoms with Crippen LogP contribution in [0, 0.1) is 5.92 Å². The highest BCUT2D eigenvalue weighted by Crippen LogP contribution is 2.34. The van der Waals surface area contributed by atoms with E-state index in [1.54, 1.807) is 0 Å². The van der Waals surface area contributed by atoms with Crippen LogP contribution in [0.4, 0.5) is 0 Å². The molecule has 1 saturated heterocycles. The summed E-state index contributed by atoms with van der Waals surface area (Å²) in [4.78, 5) is 2.73. The van der Waals surface area contributed by atoms with Crippen LogP contribution >= 0.6 is 0 Å². The Hall–Kier alpha value is -0.120. The molecule has 0 aromatic rings. The first-order valence-electron chi connectivity index (χ1n) is 8.29. The Balaban J connectivity index is 1.66. The van der Waals surface area contributed by atoms with Crippen molar-refractivity contribution in [1.29, 1.82) is 0 Å². The van der Waals surface area contributed by atoms with E-state index < -0.39 is 0 Å². The largest absolute Gasteiger partial charge is 0.379 e. The van der Waals surface area contributed by atoms with Crippen LogP contribution in [-0.2, 0) is 4.74 Å². The van der Waals surface area contributed by atoms with E-state index in [2.05, 4.69) is 31.0 Å². The molecule has 1 aliphatic heterocycles. The van der Waals surface area contributed by atoms with Gasteiger partial charge in [0.15, 0.2) is 0 Å². The van der Waals surface area contributed by atoms with Crippen molar-refractivity contribution in [2.45, 2.75) is 71.1 Å². The summed E-state index contributed by atoms with van der Waals surface area (Å²) in [5, 5.41) is 3.76. The number of ether oxygens (including phenoxy) is 1. The van der Waals surface area contributed by atoms with Crippen molar-refractivity contribution >= 4 is 0 Å². The Labute approximate surface area is 119 Å². The molecule has 0 amide bonds. The summed E-state index contributed by atoms with van der Waals surface area (Å²) in [6, 6.07) is 1.52. The van der Waals surface area contributed by atoms with Gasteiger partial charge in [-0.1, -0.05) is 6.92 Å². The third-order valence-corrected chi connectivity index (χ3v) is 4.52. The molecule has 1 heterocycles. The Morgan fingerprint density at radius 1 is 1.26 bits per heavy atom. The van der Waals surface area contributed by atoms with Crippen molar-refractivity contribution in [2.24, 2.45) is 5.92 Å². The van der Waals surface area contributed by atoms with Crippen molar-refractivity contribution in [3.63, 3.8) is 0 Å². The van der Waals surface area contributed by atoms with Gasteiger partial charge in [-0.25, -0.2) is 0 Å². The molecule has 0 bridgehead atoms. The van der Waals surface area contributed by atoms with E-state index in [0.717, 1.165) is 24.6 Å². The SMILES string of the molecule is CCC1CNC(C2CC2)CN1CCCCOC(C)C. The molecule has 1 aliphatic carbocycles. The van der Waals surface area contributed by atoms with Crippen molar-refractivity contribution in [3.8, 4) is 0 Å². The molecule has 2 unspecified atom stereocenters. The molecular formula is C16H32N2O. The molecule has 0 aromatic carbocycles. The number of hydrogen-bond donors (Lipinski definition) is 1. The van der Waals surface area contributed by atoms with Crippen LogP contribution in [0.25, 0.3) is 0 Å². The highest BCUT2D eigenvalue weighted by Gasteiger charge is 2.36. The number of nitrogens with zero attached hydrogens (tertiary/aromatic N) is 1. The molecule has 2 rings (SSSR count). The van der Waals surface area contributed by atoms with Crippen LogP contribution in [0.1, 0.15) is 52.9 Å². The highest BCUT2D eigenvalue weighted by molar-refractivity contribution is 4.94. The maximum absolute atomic E-state index is 5.62. The number of nitrogens with one attached hydrogen (secondary N) is 1. The summed E-state index contributed by atoms with van der Waals surface area (Å²) in [5.74, 6) is 0.976. The topological polar surface area (TPSA) is 24.5 Å². The standard InChI is InChI=1S/C16H32N2O/c1-4-15-11-17-16(14-7-8-14)12-18(15)9-5-6-10-19-13(2)3/h13-17H,4-12H2,1-3H3. The minimum absolute atomic E-state index is 0.377. The van der Waals surface area contributed by atoms with Gasteiger partial charge in [-0.2, -0.15) is 0 Å². The van der Waals surface area contributed by atoms with Crippen molar-refractivity contribution in [2.75, 3.05) is 26.2 Å².